The first-order chi connectivity index (χ1) is 15.9. The van der Waals surface area contributed by atoms with Gasteiger partial charge in [0.25, 0.3) is 0 Å². The molecule has 0 aliphatic heterocycles. The fourth-order valence-corrected chi connectivity index (χ4v) is 4.58. The monoisotopic (exact) mass is 450 g/mol. The van der Waals surface area contributed by atoms with Crippen LogP contribution in [0.1, 0.15) is 56.1 Å². The van der Waals surface area contributed by atoms with E-state index in [0.717, 1.165) is 24.0 Å². The highest BCUT2D eigenvalue weighted by atomic mass is 16.5. The molecular formula is C26H30N2O5. The molecule has 174 valence electrons. The van der Waals surface area contributed by atoms with Gasteiger partial charge in [-0.3, -0.25) is 9.59 Å². The van der Waals surface area contributed by atoms with Crippen LogP contribution >= 0.6 is 0 Å². The molecule has 1 unspecified atom stereocenters. The van der Waals surface area contributed by atoms with Crippen molar-refractivity contribution in [1.29, 1.82) is 0 Å². The highest BCUT2D eigenvalue weighted by molar-refractivity contribution is 5.80. The van der Waals surface area contributed by atoms with Crippen LogP contribution in [0.25, 0.3) is 11.1 Å². The average molecular weight is 451 g/mol. The van der Waals surface area contributed by atoms with Crippen LogP contribution in [-0.4, -0.2) is 41.8 Å². The van der Waals surface area contributed by atoms with Crippen LogP contribution in [0.3, 0.4) is 0 Å². The standard InChI is InChI=1S/C26H30N2O5/c1-17(14-24(30)31)10-13-27-23(29)15-26(11-12-26)28-25(32)33-16-22-20-8-4-2-6-18(20)19-7-3-5-9-21(19)22/h2-9,17,22H,10-16H2,1H3,(H,27,29)(H,28,32)(H,30,31). The number of carbonyl (C=O) groups excluding carboxylic acids is 2. The average Bonchev–Trinajstić information content (AvgIpc) is 3.44. The quantitative estimate of drug-likeness (QED) is 0.506. The summed E-state index contributed by atoms with van der Waals surface area (Å²) in [5, 5.41) is 14.5. The topological polar surface area (TPSA) is 105 Å². The Morgan fingerprint density at radius 3 is 2.24 bits per heavy atom. The van der Waals surface area contributed by atoms with E-state index in [0.29, 0.717) is 13.0 Å². The molecule has 2 aliphatic rings. The van der Waals surface area contributed by atoms with Gasteiger partial charge >= 0.3 is 12.1 Å². The summed E-state index contributed by atoms with van der Waals surface area (Å²) < 4.78 is 5.61. The van der Waals surface area contributed by atoms with Crippen LogP contribution < -0.4 is 10.6 Å². The van der Waals surface area contributed by atoms with Gasteiger partial charge < -0.3 is 20.5 Å². The Balaban J connectivity index is 1.26. The van der Waals surface area contributed by atoms with Crippen LogP contribution in [0.15, 0.2) is 48.5 Å². The van der Waals surface area contributed by atoms with Crippen molar-refractivity contribution in [1.82, 2.24) is 10.6 Å². The number of aliphatic carboxylic acids is 1. The maximum atomic E-state index is 12.5. The molecule has 3 N–H and O–H groups in total. The zero-order valence-electron chi connectivity index (χ0n) is 18.8. The molecule has 0 saturated heterocycles. The third kappa shape index (κ3) is 5.53. The van der Waals surface area contributed by atoms with Crippen LogP contribution in [0, 0.1) is 5.92 Å². The Kier molecular flexibility index (Phi) is 6.67. The molecule has 1 saturated carbocycles. The Morgan fingerprint density at radius 2 is 1.67 bits per heavy atom. The first-order valence-corrected chi connectivity index (χ1v) is 11.5. The highest BCUT2D eigenvalue weighted by Gasteiger charge is 2.46. The van der Waals surface area contributed by atoms with Gasteiger partial charge in [0.05, 0.1) is 5.54 Å². The van der Waals surface area contributed by atoms with E-state index >= 15 is 0 Å². The van der Waals surface area contributed by atoms with E-state index in [1.54, 1.807) is 0 Å². The van der Waals surface area contributed by atoms with Crippen molar-refractivity contribution >= 4 is 18.0 Å². The van der Waals surface area contributed by atoms with Crippen molar-refractivity contribution in [2.24, 2.45) is 5.92 Å². The Bertz CT molecular complexity index is 1000. The number of amides is 2. The van der Waals surface area contributed by atoms with Gasteiger partial charge in [0.1, 0.15) is 6.61 Å². The molecule has 2 aliphatic carbocycles. The number of ether oxygens (including phenoxy) is 1. The highest BCUT2D eigenvalue weighted by Crippen LogP contribution is 2.44. The maximum Gasteiger partial charge on any atom is 0.407 e. The minimum atomic E-state index is -0.835. The fourth-order valence-electron chi connectivity index (χ4n) is 4.58. The number of hydrogen-bond acceptors (Lipinski definition) is 4. The van der Waals surface area contributed by atoms with Gasteiger partial charge in [-0.25, -0.2) is 4.79 Å². The third-order valence-electron chi connectivity index (χ3n) is 6.55. The molecule has 2 aromatic carbocycles. The van der Waals surface area contributed by atoms with Crippen LogP contribution in [0.2, 0.25) is 0 Å². The van der Waals surface area contributed by atoms with Crippen molar-refractivity contribution in [3.63, 3.8) is 0 Å². The van der Waals surface area contributed by atoms with Crippen molar-refractivity contribution < 1.29 is 24.2 Å². The van der Waals surface area contributed by atoms with Gasteiger partial charge in [-0.2, -0.15) is 0 Å². The number of hydrogen-bond donors (Lipinski definition) is 3. The summed E-state index contributed by atoms with van der Waals surface area (Å²) in [5.41, 5.74) is 4.12. The lowest BCUT2D eigenvalue weighted by molar-refractivity contribution is -0.138. The molecule has 2 amide bonds. The summed E-state index contributed by atoms with van der Waals surface area (Å²) in [5.74, 6) is -0.988. The van der Waals surface area contributed by atoms with Gasteiger partial charge in [0, 0.05) is 25.3 Å². The number of rotatable bonds is 10. The van der Waals surface area contributed by atoms with E-state index in [9.17, 15) is 14.4 Å². The summed E-state index contributed by atoms with van der Waals surface area (Å²) >= 11 is 0. The minimum absolute atomic E-state index is 0.00311. The molecule has 0 bridgehead atoms. The molecule has 0 spiro atoms. The summed E-state index contributed by atoms with van der Waals surface area (Å²) in [6, 6.07) is 16.4. The molecule has 7 heteroatoms. The maximum absolute atomic E-state index is 12.5. The summed E-state index contributed by atoms with van der Waals surface area (Å²) in [4.78, 5) is 35.6. The molecule has 1 fully saturated rings. The smallest absolute Gasteiger partial charge is 0.407 e. The minimum Gasteiger partial charge on any atom is -0.481 e. The van der Waals surface area contributed by atoms with Gasteiger partial charge in [0.15, 0.2) is 0 Å². The Labute approximate surface area is 193 Å². The Hall–Kier alpha value is -3.35. The summed E-state index contributed by atoms with van der Waals surface area (Å²) in [6.07, 6.45) is 1.86. The zero-order valence-corrected chi connectivity index (χ0v) is 18.8. The number of carboxylic acid groups (broad SMARTS) is 1. The third-order valence-corrected chi connectivity index (χ3v) is 6.55. The van der Waals surface area contributed by atoms with E-state index in [-0.39, 0.29) is 37.2 Å². The molecule has 0 aromatic heterocycles. The predicted molar refractivity (Wildman–Crippen MR) is 124 cm³/mol. The lowest BCUT2D eigenvalue weighted by atomic mass is 9.98. The van der Waals surface area contributed by atoms with E-state index in [1.165, 1.54) is 11.1 Å². The van der Waals surface area contributed by atoms with Crippen molar-refractivity contribution in [3.8, 4) is 11.1 Å². The number of carbonyl (C=O) groups is 3. The summed E-state index contributed by atoms with van der Waals surface area (Å²) in [6.45, 7) is 2.51. The van der Waals surface area contributed by atoms with Crippen LogP contribution in [-0.2, 0) is 14.3 Å². The number of alkyl carbamates (subject to hydrolysis) is 1. The number of carboxylic acids is 1. The van der Waals surface area contributed by atoms with E-state index in [2.05, 4.69) is 34.9 Å². The van der Waals surface area contributed by atoms with Crippen molar-refractivity contribution in [3.05, 3.63) is 59.7 Å². The first kappa shape index (κ1) is 22.8. The molecule has 1 atom stereocenters. The molecule has 7 nitrogen and oxygen atoms in total. The largest absolute Gasteiger partial charge is 0.481 e. The molecular weight excluding hydrogens is 420 g/mol. The summed E-state index contributed by atoms with van der Waals surface area (Å²) in [7, 11) is 0. The van der Waals surface area contributed by atoms with Gasteiger partial charge in [0.2, 0.25) is 5.91 Å². The van der Waals surface area contributed by atoms with Crippen LogP contribution in [0.4, 0.5) is 4.79 Å². The van der Waals surface area contributed by atoms with E-state index in [4.69, 9.17) is 9.84 Å². The van der Waals surface area contributed by atoms with E-state index in [1.807, 2.05) is 31.2 Å². The predicted octanol–water partition coefficient (Wildman–Crippen LogP) is 4.06. The number of fused-ring (bicyclic) bond motifs is 3. The molecule has 33 heavy (non-hydrogen) atoms. The van der Waals surface area contributed by atoms with Crippen molar-refractivity contribution in [2.45, 2.75) is 50.5 Å². The second-order valence-corrected chi connectivity index (χ2v) is 9.25. The number of benzene rings is 2. The lowest BCUT2D eigenvalue weighted by Gasteiger charge is -2.19. The SMILES string of the molecule is CC(CCNC(=O)CC1(NC(=O)OCC2c3ccccc3-c3ccccc32)CC1)CC(=O)O. The molecule has 4 rings (SSSR count). The zero-order chi connectivity index (χ0) is 23.4. The first-order valence-electron chi connectivity index (χ1n) is 11.5. The van der Waals surface area contributed by atoms with E-state index < -0.39 is 17.6 Å². The number of nitrogens with one attached hydrogen (secondary N) is 2. The molecule has 0 radical (unpaired) electrons. The Morgan fingerprint density at radius 1 is 1.06 bits per heavy atom. The second kappa shape index (κ2) is 9.65. The van der Waals surface area contributed by atoms with Crippen LogP contribution in [0.5, 0.6) is 0 Å². The molecule has 2 aromatic rings. The van der Waals surface area contributed by atoms with Gasteiger partial charge in [-0.05, 0) is 47.4 Å². The lowest BCUT2D eigenvalue weighted by Crippen LogP contribution is -2.42. The van der Waals surface area contributed by atoms with Crippen molar-refractivity contribution in [2.75, 3.05) is 13.2 Å². The van der Waals surface area contributed by atoms with Gasteiger partial charge in [-0.1, -0.05) is 55.5 Å². The second-order valence-electron chi connectivity index (χ2n) is 9.25. The van der Waals surface area contributed by atoms with Gasteiger partial charge in [-0.15, -0.1) is 0 Å². The fraction of sp³-hybridized carbons (Fsp3) is 0.423. The molecule has 0 heterocycles. The normalized spacial score (nSPS) is 16.3.